The van der Waals surface area contributed by atoms with Gasteiger partial charge < -0.3 is 9.72 Å². The minimum absolute atomic E-state index is 0.000814. The molecule has 2 aromatic heterocycles. The van der Waals surface area contributed by atoms with Crippen molar-refractivity contribution < 1.29 is 4.74 Å². The number of fused-ring (bicyclic) bond motifs is 3. The van der Waals surface area contributed by atoms with E-state index in [2.05, 4.69) is 9.97 Å². The van der Waals surface area contributed by atoms with Gasteiger partial charge in [-0.3, -0.25) is 13.5 Å². The van der Waals surface area contributed by atoms with E-state index in [9.17, 15) is 9.59 Å². The highest BCUT2D eigenvalue weighted by molar-refractivity contribution is 7.14. The molecule has 0 saturated carbocycles. The average Bonchev–Trinajstić information content (AvgIpc) is 3.00. The monoisotopic (exact) mass is 379 g/mol. The largest absolute Gasteiger partial charge is 0.491 e. The number of aryl methyl sites for hydroxylation is 1. The molecule has 0 atom stereocenters. The van der Waals surface area contributed by atoms with Gasteiger partial charge >= 0.3 is 0 Å². The summed E-state index contributed by atoms with van der Waals surface area (Å²) in [5.41, 5.74) is 2.00. The molecule has 0 spiro atoms. The molecule has 1 aliphatic heterocycles. The lowest BCUT2D eigenvalue weighted by atomic mass is 10.1. The van der Waals surface area contributed by atoms with Crippen LogP contribution in [0.1, 0.15) is 19.3 Å². The van der Waals surface area contributed by atoms with E-state index in [0.717, 1.165) is 24.0 Å². The van der Waals surface area contributed by atoms with Gasteiger partial charge in [-0.2, -0.15) is 0 Å². The number of rotatable bonds is 0. The van der Waals surface area contributed by atoms with Gasteiger partial charge in [0.1, 0.15) is 17.0 Å². The Morgan fingerprint density at radius 2 is 1.96 bits per heavy atom. The van der Waals surface area contributed by atoms with Crippen molar-refractivity contribution in [3.63, 3.8) is 0 Å². The quantitative estimate of drug-likeness (QED) is 0.507. The molecule has 0 fully saturated rings. The van der Waals surface area contributed by atoms with Crippen molar-refractivity contribution in [1.29, 1.82) is 0 Å². The smallest absolute Gasteiger partial charge is 0.275 e. The zero-order chi connectivity index (χ0) is 18.4. The van der Waals surface area contributed by atoms with Gasteiger partial charge in [-0.25, -0.2) is 4.98 Å². The van der Waals surface area contributed by atoms with Crippen LogP contribution in [0.5, 0.6) is 5.75 Å². The highest BCUT2D eigenvalue weighted by Gasteiger charge is 2.17. The minimum Gasteiger partial charge on any atom is -0.491 e. The Labute approximate surface area is 158 Å². The predicted octanol–water partition coefficient (Wildman–Crippen LogP) is 3.53. The van der Waals surface area contributed by atoms with Crippen molar-refractivity contribution in [1.82, 2.24) is 13.9 Å². The lowest BCUT2D eigenvalue weighted by molar-refractivity contribution is 0.307. The maximum atomic E-state index is 12.7. The summed E-state index contributed by atoms with van der Waals surface area (Å²) in [5.74, 6) is 0.667. The fourth-order valence-corrected chi connectivity index (χ4v) is 4.66. The van der Waals surface area contributed by atoms with Crippen molar-refractivity contribution in [3.8, 4) is 17.0 Å². The molecule has 7 heteroatoms. The third-order valence-electron chi connectivity index (χ3n) is 4.88. The van der Waals surface area contributed by atoms with Gasteiger partial charge in [0.15, 0.2) is 0 Å². The number of hydrogen-bond donors (Lipinski definition) is 1. The molecular weight excluding hydrogens is 362 g/mol. The number of benzene rings is 2. The molecule has 1 aliphatic rings. The highest BCUT2D eigenvalue weighted by atomic mass is 32.1. The maximum absolute atomic E-state index is 12.7. The molecule has 2 aromatic carbocycles. The summed E-state index contributed by atoms with van der Waals surface area (Å²) in [6, 6.07) is 11.0. The van der Waals surface area contributed by atoms with Crippen LogP contribution in [0.4, 0.5) is 0 Å². The van der Waals surface area contributed by atoms with Crippen LogP contribution < -0.4 is 15.9 Å². The topological polar surface area (TPSA) is 77.0 Å². The molecule has 3 heterocycles. The molecule has 4 aromatic rings. The number of ether oxygens (including phenoxy) is 1. The summed E-state index contributed by atoms with van der Waals surface area (Å²) in [7, 11) is 0. The van der Waals surface area contributed by atoms with Gasteiger partial charge in [-0.15, -0.1) is 0 Å². The van der Waals surface area contributed by atoms with Crippen LogP contribution in [0.15, 0.2) is 46.0 Å². The Hall–Kier alpha value is -2.93. The van der Waals surface area contributed by atoms with Crippen LogP contribution in [0.2, 0.25) is 0 Å². The number of H-pyrrole nitrogens is 1. The molecule has 6 nitrogen and oxygen atoms in total. The Bertz CT molecular complexity index is 1290. The van der Waals surface area contributed by atoms with Gasteiger partial charge in [0, 0.05) is 12.1 Å². The first-order chi connectivity index (χ1) is 13.2. The van der Waals surface area contributed by atoms with Crippen molar-refractivity contribution in [2.24, 2.45) is 0 Å². The Balaban J connectivity index is 1.86. The van der Waals surface area contributed by atoms with Crippen LogP contribution in [-0.4, -0.2) is 20.5 Å². The molecule has 0 unspecified atom stereocenters. The van der Waals surface area contributed by atoms with Crippen LogP contribution >= 0.6 is 11.5 Å². The Morgan fingerprint density at radius 1 is 1.07 bits per heavy atom. The van der Waals surface area contributed by atoms with Crippen LogP contribution in [0.3, 0.4) is 0 Å². The molecule has 0 radical (unpaired) electrons. The molecular formula is C20H17N3O3S. The van der Waals surface area contributed by atoms with Gasteiger partial charge in [0.05, 0.1) is 22.2 Å². The standard InChI is InChI=1S/C20H17N3O3S/c24-19-16-12-6-4-7-13-18(12)27-23(20(13)25)10-2-1-3-11-26-15-9-5-8-14(21-19)17(15)22-16/h4-9H,1-3,10-11H2,(H,21,24). The molecule has 1 N–H and O–H groups in total. The molecule has 4 bridgehead atoms. The summed E-state index contributed by atoms with van der Waals surface area (Å²) in [6.45, 7) is 1.26. The average molecular weight is 379 g/mol. The zero-order valence-corrected chi connectivity index (χ0v) is 15.3. The second-order valence-electron chi connectivity index (χ2n) is 6.66. The molecule has 0 saturated heterocycles. The highest BCUT2D eigenvalue weighted by Crippen LogP contribution is 2.30. The van der Waals surface area contributed by atoms with E-state index < -0.39 is 0 Å². The number of hydrogen-bond acceptors (Lipinski definition) is 5. The van der Waals surface area contributed by atoms with E-state index in [1.54, 1.807) is 3.96 Å². The van der Waals surface area contributed by atoms with Crippen LogP contribution in [0.25, 0.3) is 32.4 Å². The van der Waals surface area contributed by atoms with Gasteiger partial charge in [-0.05, 0) is 37.5 Å². The third kappa shape index (κ3) is 2.66. The van der Waals surface area contributed by atoms with Crippen LogP contribution in [0, 0.1) is 0 Å². The number of nitrogens with zero attached hydrogens (tertiary/aromatic N) is 2. The SMILES string of the molecule is O=c1[nH]c2cccc3c2nc1-c1cccc2c(=O)n(sc12)CCCCCO3. The van der Waals surface area contributed by atoms with E-state index in [4.69, 9.17) is 4.74 Å². The summed E-state index contributed by atoms with van der Waals surface area (Å²) < 4.78 is 8.52. The molecule has 0 amide bonds. The number of para-hydroxylation sites is 1. The maximum Gasteiger partial charge on any atom is 0.275 e. The van der Waals surface area contributed by atoms with Crippen molar-refractivity contribution in [2.45, 2.75) is 25.8 Å². The summed E-state index contributed by atoms with van der Waals surface area (Å²) in [4.78, 5) is 33.0. The van der Waals surface area contributed by atoms with Crippen molar-refractivity contribution in [2.75, 3.05) is 6.61 Å². The summed E-state index contributed by atoms with van der Waals surface area (Å²) in [5, 5.41) is 0.637. The predicted molar refractivity (Wildman–Crippen MR) is 107 cm³/mol. The third-order valence-corrected chi connectivity index (χ3v) is 6.07. The second kappa shape index (κ2) is 6.35. The van der Waals surface area contributed by atoms with E-state index in [-0.39, 0.29) is 11.1 Å². The minimum atomic E-state index is -0.272. The molecule has 5 rings (SSSR count). The lowest BCUT2D eigenvalue weighted by Crippen LogP contribution is -2.13. The van der Waals surface area contributed by atoms with Crippen molar-refractivity contribution in [3.05, 3.63) is 57.1 Å². The van der Waals surface area contributed by atoms with Crippen LogP contribution in [-0.2, 0) is 6.54 Å². The van der Waals surface area contributed by atoms with Crippen molar-refractivity contribution >= 4 is 32.7 Å². The lowest BCUT2D eigenvalue weighted by Gasteiger charge is -2.10. The summed E-state index contributed by atoms with van der Waals surface area (Å²) >= 11 is 1.41. The zero-order valence-electron chi connectivity index (χ0n) is 14.5. The second-order valence-corrected chi connectivity index (χ2v) is 7.69. The number of aromatic amines is 1. The number of nitrogens with one attached hydrogen (secondary N) is 1. The first-order valence-electron chi connectivity index (χ1n) is 9.01. The van der Waals surface area contributed by atoms with Gasteiger partial charge in [0.25, 0.3) is 11.1 Å². The van der Waals surface area contributed by atoms with E-state index in [0.29, 0.717) is 46.6 Å². The first kappa shape index (κ1) is 16.3. The molecule has 27 heavy (non-hydrogen) atoms. The molecule has 0 aliphatic carbocycles. The first-order valence-corrected chi connectivity index (χ1v) is 9.79. The fourth-order valence-electron chi connectivity index (χ4n) is 3.52. The van der Waals surface area contributed by atoms with Gasteiger partial charge in [0.2, 0.25) is 0 Å². The van der Waals surface area contributed by atoms with E-state index >= 15 is 0 Å². The fraction of sp³-hybridized carbons (Fsp3) is 0.250. The van der Waals surface area contributed by atoms with E-state index in [1.165, 1.54) is 11.5 Å². The van der Waals surface area contributed by atoms with Gasteiger partial charge in [-0.1, -0.05) is 29.7 Å². The Kier molecular flexibility index (Phi) is 3.82. The van der Waals surface area contributed by atoms with E-state index in [1.807, 2.05) is 36.4 Å². The summed E-state index contributed by atoms with van der Waals surface area (Å²) in [6.07, 6.45) is 2.80. The number of aromatic nitrogens is 3. The normalized spacial score (nSPS) is 14.5. The molecule has 136 valence electrons. The Morgan fingerprint density at radius 3 is 2.89 bits per heavy atom.